The van der Waals surface area contributed by atoms with Crippen molar-refractivity contribution in [3.8, 4) is 0 Å². The molecule has 0 aromatic rings. The van der Waals surface area contributed by atoms with Crippen LogP contribution in [0.4, 0.5) is 0 Å². The van der Waals surface area contributed by atoms with E-state index in [0.29, 0.717) is 0 Å². The van der Waals surface area contributed by atoms with Crippen molar-refractivity contribution in [3.63, 3.8) is 0 Å². The van der Waals surface area contributed by atoms with E-state index in [9.17, 15) is 0 Å². The molecule has 0 aliphatic carbocycles. The molecule has 0 aromatic heterocycles. The van der Waals surface area contributed by atoms with Crippen molar-refractivity contribution >= 4 is 0 Å². The fraction of sp³-hybridized carbons (Fsp3) is 0.500. The van der Waals surface area contributed by atoms with E-state index in [4.69, 9.17) is 0 Å². The lowest BCUT2D eigenvalue weighted by Crippen LogP contribution is -2.72. The summed E-state index contributed by atoms with van der Waals surface area (Å²) in [5.41, 5.74) is 6.18. The molecule has 0 spiro atoms. The van der Waals surface area contributed by atoms with Gasteiger partial charge in [-0.15, -0.1) is 0 Å². The smallest absolute Gasteiger partial charge is 0.145 e. The number of hydrogen-bond acceptors (Lipinski definition) is 6. The fourth-order valence-corrected chi connectivity index (χ4v) is 6.18. The van der Waals surface area contributed by atoms with Crippen molar-refractivity contribution in [2.24, 2.45) is 0 Å². The van der Waals surface area contributed by atoms with Gasteiger partial charge >= 0.3 is 0 Å². The van der Waals surface area contributed by atoms with E-state index < -0.39 is 0 Å². The third-order valence-electron chi connectivity index (χ3n) is 6.86. The van der Waals surface area contributed by atoms with Crippen molar-refractivity contribution in [2.75, 3.05) is 0 Å². The van der Waals surface area contributed by atoms with Crippen LogP contribution in [0.3, 0.4) is 0 Å². The minimum atomic E-state index is 0.0181. The lowest BCUT2D eigenvalue weighted by molar-refractivity contribution is -0.110. The molecule has 6 heteroatoms. The van der Waals surface area contributed by atoms with Crippen molar-refractivity contribution in [2.45, 2.75) is 78.5 Å². The Morgan fingerprint density at radius 1 is 0.333 bits per heavy atom. The Balaban J connectivity index is 2.12. The first kappa shape index (κ1) is 20.5. The SMILES string of the molecule is C=C(C)N1C2C3N(C(=C)C)C1C1N(C(=C)C)C(C(N1C(=C)C)N3C(=C)C)N2C(=C)C. The van der Waals surface area contributed by atoms with Gasteiger partial charge in [-0.2, -0.15) is 0 Å². The molecule has 0 aromatic carbocycles. The molecule has 5 aliphatic heterocycles. The second kappa shape index (κ2) is 6.37. The maximum atomic E-state index is 4.40. The number of piperazine rings is 1. The highest BCUT2D eigenvalue weighted by molar-refractivity contribution is 5.31. The zero-order valence-electron chi connectivity index (χ0n) is 19.4. The van der Waals surface area contributed by atoms with Gasteiger partial charge in [0.15, 0.2) is 0 Å². The summed E-state index contributed by atoms with van der Waals surface area (Å²) in [5.74, 6) is 0. The Labute approximate surface area is 182 Å². The molecule has 5 fully saturated rings. The van der Waals surface area contributed by atoms with Crippen LogP contribution in [0, 0.1) is 0 Å². The zero-order valence-corrected chi connectivity index (χ0v) is 19.4. The largest absolute Gasteiger partial charge is 0.328 e. The van der Waals surface area contributed by atoms with Crippen molar-refractivity contribution < 1.29 is 0 Å². The number of nitrogens with zero attached hydrogens (tertiary/aromatic N) is 6. The average Bonchev–Trinajstić information content (AvgIpc) is 3.03. The Kier molecular flexibility index (Phi) is 4.35. The summed E-state index contributed by atoms with van der Waals surface area (Å²) in [6.45, 7) is 38.9. The predicted molar refractivity (Wildman–Crippen MR) is 123 cm³/mol. The summed E-state index contributed by atoms with van der Waals surface area (Å²) in [6.07, 6.45) is 0.254. The molecule has 6 bridgehead atoms. The summed E-state index contributed by atoms with van der Waals surface area (Å²) in [4.78, 5) is 14.7. The summed E-state index contributed by atoms with van der Waals surface area (Å²) in [6, 6.07) is 0. The third-order valence-corrected chi connectivity index (χ3v) is 6.86. The molecule has 5 aliphatic rings. The van der Waals surface area contributed by atoms with Crippen LogP contribution in [0.5, 0.6) is 0 Å². The molecule has 162 valence electrons. The molecule has 5 heterocycles. The van der Waals surface area contributed by atoms with Gasteiger partial charge in [-0.25, -0.2) is 0 Å². The van der Waals surface area contributed by atoms with Gasteiger partial charge < -0.3 is 29.4 Å². The van der Waals surface area contributed by atoms with Crippen LogP contribution in [0.2, 0.25) is 0 Å². The van der Waals surface area contributed by atoms with Crippen molar-refractivity contribution in [1.82, 2.24) is 29.4 Å². The van der Waals surface area contributed by atoms with Crippen molar-refractivity contribution in [1.29, 1.82) is 0 Å². The Morgan fingerprint density at radius 2 is 0.433 bits per heavy atom. The number of rotatable bonds is 6. The van der Waals surface area contributed by atoms with Crippen LogP contribution in [-0.4, -0.2) is 66.4 Å². The van der Waals surface area contributed by atoms with Crippen molar-refractivity contribution in [3.05, 3.63) is 73.7 Å². The molecule has 0 unspecified atom stereocenters. The topological polar surface area (TPSA) is 19.4 Å². The summed E-state index contributed by atoms with van der Waals surface area (Å²) in [7, 11) is 0. The Morgan fingerprint density at radius 3 is 0.500 bits per heavy atom. The third kappa shape index (κ3) is 2.25. The number of allylic oxidation sites excluding steroid dienone is 6. The van der Waals surface area contributed by atoms with Gasteiger partial charge in [0.25, 0.3) is 0 Å². The minimum Gasteiger partial charge on any atom is -0.328 e. The minimum absolute atomic E-state index is 0.0181. The molecular formula is C24H36N6. The van der Waals surface area contributed by atoms with Crippen LogP contribution >= 0.6 is 0 Å². The van der Waals surface area contributed by atoms with Gasteiger partial charge in [-0.1, -0.05) is 39.5 Å². The maximum Gasteiger partial charge on any atom is 0.145 e. The highest BCUT2D eigenvalue weighted by Crippen LogP contribution is 2.56. The van der Waals surface area contributed by atoms with Crippen LogP contribution in [-0.2, 0) is 0 Å². The van der Waals surface area contributed by atoms with Crippen LogP contribution in [0.25, 0.3) is 0 Å². The summed E-state index contributed by atoms with van der Waals surface area (Å²) >= 11 is 0. The molecular weight excluding hydrogens is 372 g/mol. The van der Waals surface area contributed by atoms with E-state index in [2.05, 4.69) is 110 Å². The summed E-state index contributed by atoms with van der Waals surface area (Å²) < 4.78 is 0. The number of hydrogen-bond donors (Lipinski definition) is 0. The Bertz CT molecular complexity index is 758. The molecule has 30 heavy (non-hydrogen) atoms. The van der Waals surface area contributed by atoms with E-state index in [0.717, 1.165) is 34.2 Å². The van der Waals surface area contributed by atoms with Gasteiger partial charge in [0, 0.05) is 34.2 Å². The van der Waals surface area contributed by atoms with Gasteiger partial charge in [-0.3, -0.25) is 0 Å². The lowest BCUT2D eigenvalue weighted by atomic mass is 10.1. The van der Waals surface area contributed by atoms with E-state index in [-0.39, 0.29) is 37.0 Å². The molecule has 0 N–H and O–H groups in total. The maximum absolute atomic E-state index is 4.40. The Hall–Kier alpha value is -2.76. The van der Waals surface area contributed by atoms with E-state index >= 15 is 0 Å². The molecule has 6 nitrogen and oxygen atoms in total. The van der Waals surface area contributed by atoms with Gasteiger partial charge in [0.2, 0.25) is 0 Å². The van der Waals surface area contributed by atoms with Gasteiger partial charge in [0.1, 0.15) is 37.0 Å². The lowest BCUT2D eigenvalue weighted by Gasteiger charge is -2.57. The first-order valence-corrected chi connectivity index (χ1v) is 10.6. The normalized spacial score (nSPS) is 33.4. The average molecular weight is 409 g/mol. The molecule has 0 radical (unpaired) electrons. The first-order valence-electron chi connectivity index (χ1n) is 10.6. The first-order chi connectivity index (χ1) is 13.9. The molecule has 0 atom stereocenters. The van der Waals surface area contributed by atoms with E-state index in [1.165, 1.54) is 0 Å². The van der Waals surface area contributed by atoms with Crippen LogP contribution < -0.4 is 0 Å². The van der Waals surface area contributed by atoms with Gasteiger partial charge in [0.05, 0.1) is 0 Å². The standard InChI is InChI=1S/C24H36N6/c1-13(2)25-19-21-26(14(3)4)22-20(25)28(16(7)8)24(30(22)18(11)12)23(27(19)15(5)6)29(21)17(9)10/h19-24H,1,3,5,7,9,11H2,2,4,6,8,10,12H3. The predicted octanol–water partition coefficient (Wildman–Crippen LogP) is 4.01. The van der Waals surface area contributed by atoms with Crippen LogP contribution in [0.1, 0.15) is 41.5 Å². The highest BCUT2D eigenvalue weighted by atomic mass is 15.8. The van der Waals surface area contributed by atoms with E-state index in [1.807, 2.05) is 0 Å². The second-order valence-electron chi connectivity index (χ2n) is 9.34. The molecule has 5 rings (SSSR count). The zero-order chi connectivity index (χ0) is 22.4. The quantitative estimate of drug-likeness (QED) is 0.657. The molecule has 5 saturated heterocycles. The monoisotopic (exact) mass is 408 g/mol. The molecule has 0 saturated carbocycles. The van der Waals surface area contributed by atoms with Crippen LogP contribution in [0.15, 0.2) is 73.7 Å². The summed E-state index contributed by atoms with van der Waals surface area (Å²) in [5, 5.41) is 0. The molecule has 0 amide bonds. The fourth-order valence-electron chi connectivity index (χ4n) is 6.18. The highest BCUT2D eigenvalue weighted by Gasteiger charge is 2.72. The van der Waals surface area contributed by atoms with E-state index in [1.54, 1.807) is 0 Å². The second-order valence-corrected chi connectivity index (χ2v) is 9.34. The van der Waals surface area contributed by atoms with Gasteiger partial charge in [-0.05, 0) is 41.5 Å².